The van der Waals surface area contributed by atoms with Gasteiger partial charge in [0.15, 0.2) is 0 Å². The molecular weight excluding hydrogens is 402 g/mol. The first-order chi connectivity index (χ1) is 13.6. The topological polar surface area (TPSA) is 50.7 Å². The maximum Gasteiger partial charge on any atom is 0.275 e. The second kappa shape index (κ2) is 9.35. The number of hydrazone groups is 1. The van der Waals surface area contributed by atoms with Crippen LogP contribution in [-0.2, 0) is 6.61 Å². The van der Waals surface area contributed by atoms with Gasteiger partial charge in [-0.1, -0.05) is 59.6 Å². The molecule has 28 heavy (non-hydrogen) atoms. The maximum atomic E-state index is 13.7. The van der Waals surface area contributed by atoms with Crippen LogP contribution in [-0.4, -0.2) is 12.1 Å². The van der Waals surface area contributed by atoms with Gasteiger partial charge in [-0.15, -0.1) is 0 Å². The molecule has 0 unspecified atom stereocenters. The van der Waals surface area contributed by atoms with E-state index in [-0.39, 0.29) is 22.8 Å². The van der Waals surface area contributed by atoms with Gasteiger partial charge in [-0.25, -0.2) is 9.82 Å². The van der Waals surface area contributed by atoms with Gasteiger partial charge in [0, 0.05) is 16.1 Å². The number of carbonyl (C=O) groups is 1. The molecule has 0 atom stereocenters. The minimum Gasteiger partial charge on any atom is -0.488 e. The van der Waals surface area contributed by atoms with Gasteiger partial charge in [0.25, 0.3) is 5.91 Å². The van der Waals surface area contributed by atoms with Crippen molar-refractivity contribution in [2.75, 3.05) is 0 Å². The molecule has 0 aliphatic carbocycles. The van der Waals surface area contributed by atoms with E-state index in [9.17, 15) is 9.18 Å². The second-order valence-corrected chi connectivity index (χ2v) is 6.53. The number of nitrogens with one attached hydrogen (secondary N) is 1. The number of amides is 1. The van der Waals surface area contributed by atoms with E-state index in [2.05, 4.69) is 10.5 Å². The molecule has 0 saturated heterocycles. The number of hydrogen-bond donors (Lipinski definition) is 1. The van der Waals surface area contributed by atoms with Crippen LogP contribution >= 0.6 is 23.2 Å². The van der Waals surface area contributed by atoms with Crippen LogP contribution in [0.1, 0.15) is 21.5 Å². The van der Waals surface area contributed by atoms with Gasteiger partial charge in [-0.05, 0) is 30.3 Å². The zero-order valence-electron chi connectivity index (χ0n) is 14.5. The Kier molecular flexibility index (Phi) is 6.63. The Morgan fingerprint density at radius 2 is 1.71 bits per heavy atom. The lowest BCUT2D eigenvalue weighted by atomic mass is 10.2. The van der Waals surface area contributed by atoms with Crippen LogP contribution in [0, 0.1) is 5.82 Å². The number of rotatable bonds is 6. The van der Waals surface area contributed by atoms with Crippen molar-refractivity contribution in [3.05, 3.63) is 99.3 Å². The Labute approximate surface area is 171 Å². The number of ether oxygens (including phenoxy) is 1. The average molecular weight is 417 g/mol. The van der Waals surface area contributed by atoms with Gasteiger partial charge >= 0.3 is 0 Å². The molecule has 3 aromatic rings. The summed E-state index contributed by atoms with van der Waals surface area (Å²) < 4.78 is 19.5. The fourth-order valence-electron chi connectivity index (χ4n) is 2.40. The first kappa shape index (κ1) is 19.9. The smallest absolute Gasteiger partial charge is 0.275 e. The maximum absolute atomic E-state index is 13.7. The molecule has 1 amide bonds. The van der Waals surface area contributed by atoms with E-state index in [1.165, 1.54) is 18.2 Å². The van der Waals surface area contributed by atoms with Gasteiger partial charge in [-0.2, -0.15) is 5.10 Å². The number of hydrogen-bond acceptors (Lipinski definition) is 3. The minimum atomic E-state index is -0.533. The van der Waals surface area contributed by atoms with E-state index in [0.29, 0.717) is 10.8 Å². The molecule has 4 nitrogen and oxygen atoms in total. The van der Waals surface area contributed by atoms with Crippen molar-refractivity contribution in [2.24, 2.45) is 5.10 Å². The molecule has 0 radical (unpaired) electrons. The van der Waals surface area contributed by atoms with Gasteiger partial charge in [0.1, 0.15) is 18.2 Å². The molecule has 3 rings (SSSR count). The van der Waals surface area contributed by atoms with Gasteiger partial charge < -0.3 is 4.74 Å². The quantitative estimate of drug-likeness (QED) is 0.427. The fourth-order valence-corrected chi connectivity index (χ4v) is 2.80. The summed E-state index contributed by atoms with van der Waals surface area (Å²) >= 11 is 12.0. The van der Waals surface area contributed by atoms with E-state index in [1.54, 1.807) is 30.3 Å². The third kappa shape index (κ3) is 4.88. The molecule has 0 aliphatic heterocycles. The van der Waals surface area contributed by atoms with E-state index in [0.717, 1.165) is 11.8 Å². The van der Waals surface area contributed by atoms with Crippen LogP contribution in [0.3, 0.4) is 0 Å². The Morgan fingerprint density at radius 1 is 1.00 bits per heavy atom. The third-order valence-electron chi connectivity index (χ3n) is 3.83. The Bertz CT molecular complexity index is 1000. The van der Waals surface area contributed by atoms with Crippen LogP contribution in [0.4, 0.5) is 4.39 Å². The van der Waals surface area contributed by atoms with Crippen molar-refractivity contribution in [2.45, 2.75) is 6.61 Å². The van der Waals surface area contributed by atoms with E-state index in [1.807, 2.05) is 18.2 Å². The van der Waals surface area contributed by atoms with Crippen molar-refractivity contribution < 1.29 is 13.9 Å². The highest BCUT2D eigenvalue weighted by molar-refractivity contribution is 6.33. The molecule has 3 aromatic carbocycles. The Hall–Kier alpha value is -2.89. The Morgan fingerprint density at radius 3 is 2.50 bits per heavy atom. The molecule has 0 fully saturated rings. The summed E-state index contributed by atoms with van der Waals surface area (Å²) in [5, 5.41) is 4.56. The van der Waals surface area contributed by atoms with Crippen molar-refractivity contribution in [3.8, 4) is 5.75 Å². The summed E-state index contributed by atoms with van der Waals surface area (Å²) in [5.74, 6) is -0.661. The van der Waals surface area contributed by atoms with Crippen molar-refractivity contribution >= 4 is 35.3 Å². The summed E-state index contributed by atoms with van der Waals surface area (Å²) in [6.07, 6.45) is 1.16. The zero-order valence-corrected chi connectivity index (χ0v) is 16.0. The van der Waals surface area contributed by atoms with Crippen LogP contribution in [0.15, 0.2) is 71.8 Å². The fraction of sp³-hybridized carbons (Fsp3) is 0.0476. The lowest BCUT2D eigenvalue weighted by Crippen LogP contribution is -2.19. The molecular formula is C21H15Cl2FN2O2. The van der Waals surface area contributed by atoms with Crippen molar-refractivity contribution in [3.63, 3.8) is 0 Å². The van der Waals surface area contributed by atoms with Crippen molar-refractivity contribution in [1.29, 1.82) is 0 Å². The van der Waals surface area contributed by atoms with Crippen LogP contribution in [0.2, 0.25) is 10.0 Å². The van der Waals surface area contributed by atoms with Gasteiger partial charge in [0.05, 0.1) is 16.8 Å². The summed E-state index contributed by atoms with van der Waals surface area (Å²) in [7, 11) is 0. The zero-order chi connectivity index (χ0) is 19.9. The number of halogens is 3. The summed E-state index contributed by atoms with van der Waals surface area (Å²) in [5.41, 5.74) is 3.52. The normalized spacial score (nSPS) is 10.8. The molecule has 142 valence electrons. The first-order valence-corrected chi connectivity index (χ1v) is 9.04. The predicted molar refractivity (Wildman–Crippen MR) is 109 cm³/mol. The molecule has 7 heteroatoms. The first-order valence-electron chi connectivity index (χ1n) is 8.29. The predicted octanol–water partition coefficient (Wildman–Crippen LogP) is 5.48. The molecule has 0 aliphatic rings. The highest BCUT2D eigenvalue weighted by atomic mass is 35.5. The average Bonchev–Trinajstić information content (AvgIpc) is 2.70. The van der Waals surface area contributed by atoms with Crippen LogP contribution in [0.25, 0.3) is 0 Å². The number of nitrogens with zero attached hydrogens (tertiary/aromatic N) is 1. The van der Waals surface area contributed by atoms with Crippen molar-refractivity contribution in [1.82, 2.24) is 5.43 Å². The van der Waals surface area contributed by atoms with Gasteiger partial charge in [-0.3, -0.25) is 4.79 Å². The molecule has 1 N–H and O–H groups in total. The van der Waals surface area contributed by atoms with E-state index in [4.69, 9.17) is 27.9 Å². The van der Waals surface area contributed by atoms with E-state index >= 15 is 0 Å². The second-order valence-electron chi connectivity index (χ2n) is 5.71. The lowest BCUT2D eigenvalue weighted by molar-refractivity contribution is 0.0950. The molecule has 0 bridgehead atoms. The monoisotopic (exact) mass is 416 g/mol. The molecule has 0 heterocycles. The number of carbonyl (C=O) groups excluding carboxylic acids is 1. The summed E-state index contributed by atoms with van der Waals surface area (Å²) in [4.78, 5) is 12.4. The highest BCUT2D eigenvalue weighted by Crippen LogP contribution is 2.22. The van der Waals surface area contributed by atoms with Gasteiger partial charge in [0.2, 0.25) is 0 Å². The SMILES string of the molecule is O=C(N/N=C\c1c(F)cccc1Cl)c1ccccc1OCc1ccccc1Cl. The standard InChI is InChI=1S/C21H15Cl2FN2O2/c22-17-8-3-1-6-14(17)13-28-20-11-4-2-7-15(20)21(27)26-25-12-16-18(23)9-5-10-19(16)24/h1-12H,13H2,(H,26,27)/b25-12-. The lowest BCUT2D eigenvalue weighted by Gasteiger charge is -2.11. The largest absolute Gasteiger partial charge is 0.488 e. The van der Waals surface area contributed by atoms with Crippen LogP contribution in [0.5, 0.6) is 5.75 Å². The molecule has 0 spiro atoms. The minimum absolute atomic E-state index is 0.0905. The number of benzene rings is 3. The molecule has 0 aromatic heterocycles. The van der Waals surface area contributed by atoms with Crippen LogP contribution < -0.4 is 10.2 Å². The summed E-state index contributed by atoms with van der Waals surface area (Å²) in [6.45, 7) is 0.206. The summed E-state index contributed by atoms with van der Waals surface area (Å²) in [6, 6.07) is 18.3. The third-order valence-corrected chi connectivity index (χ3v) is 4.53. The van der Waals surface area contributed by atoms with E-state index < -0.39 is 11.7 Å². The Balaban J connectivity index is 1.70. The molecule has 0 saturated carbocycles. The number of para-hydroxylation sites is 1. The highest BCUT2D eigenvalue weighted by Gasteiger charge is 2.12.